The predicted octanol–water partition coefficient (Wildman–Crippen LogP) is 5.45. The summed E-state index contributed by atoms with van der Waals surface area (Å²) in [6.45, 7) is 1.41. The van der Waals surface area contributed by atoms with E-state index in [0.29, 0.717) is 27.5 Å². The number of rotatable bonds is 6. The number of halogens is 1. The fourth-order valence-electron chi connectivity index (χ4n) is 2.75. The first-order chi connectivity index (χ1) is 14.4. The molecular formula is C24H19ClN2O3. The molecule has 150 valence electrons. The van der Waals surface area contributed by atoms with Crippen molar-refractivity contribution in [2.45, 2.75) is 6.92 Å². The fraction of sp³-hybridized carbons (Fsp3) is 0.0417. The largest absolute Gasteiger partial charge is 0.326 e. The van der Waals surface area contributed by atoms with E-state index in [1.807, 2.05) is 6.07 Å². The highest BCUT2D eigenvalue weighted by Gasteiger charge is 2.07. The zero-order chi connectivity index (χ0) is 21.5. The number of carbonyl (C=O) groups is 3. The molecule has 6 heteroatoms. The first-order valence-corrected chi connectivity index (χ1v) is 9.55. The van der Waals surface area contributed by atoms with Gasteiger partial charge >= 0.3 is 0 Å². The van der Waals surface area contributed by atoms with E-state index in [1.54, 1.807) is 72.8 Å². The van der Waals surface area contributed by atoms with E-state index < -0.39 is 0 Å². The fourth-order valence-corrected chi connectivity index (χ4v) is 2.87. The lowest BCUT2D eigenvalue weighted by Crippen LogP contribution is -2.11. The third-order valence-electron chi connectivity index (χ3n) is 4.15. The quantitative estimate of drug-likeness (QED) is 0.413. The second-order valence-electron chi connectivity index (χ2n) is 6.55. The van der Waals surface area contributed by atoms with Gasteiger partial charge in [0.05, 0.1) is 0 Å². The van der Waals surface area contributed by atoms with Gasteiger partial charge in [-0.15, -0.1) is 0 Å². The van der Waals surface area contributed by atoms with Gasteiger partial charge in [0.1, 0.15) is 0 Å². The van der Waals surface area contributed by atoms with Crippen LogP contribution in [0.15, 0.2) is 78.9 Å². The Morgan fingerprint density at radius 3 is 2.17 bits per heavy atom. The van der Waals surface area contributed by atoms with Gasteiger partial charge in [-0.2, -0.15) is 0 Å². The third kappa shape index (κ3) is 5.90. The van der Waals surface area contributed by atoms with Crippen molar-refractivity contribution < 1.29 is 14.4 Å². The molecule has 0 aromatic heterocycles. The second-order valence-corrected chi connectivity index (χ2v) is 6.98. The van der Waals surface area contributed by atoms with Crippen LogP contribution in [0, 0.1) is 0 Å². The molecule has 5 nitrogen and oxygen atoms in total. The van der Waals surface area contributed by atoms with Gasteiger partial charge in [0, 0.05) is 34.4 Å². The number of hydrogen-bond acceptors (Lipinski definition) is 3. The van der Waals surface area contributed by atoms with Gasteiger partial charge in [-0.1, -0.05) is 41.9 Å². The van der Waals surface area contributed by atoms with Gasteiger partial charge in [-0.05, 0) is 60.2 Å². The Hall–Kier alpha value is -3.70. The van der Waals surface area contributed by atoms with Crippen LogP contribution >= 0.6 is 11.6 Å². The molecule has 0 heterocycles. The highest BCUT2D eigenvalue weighted by molar-refractivity contribution is 6.30. The van der Waals surface area contributed by atoms with Crippen molar-refractivity contribution in [1.82, 2.24) is 0 Å². The van der Waals surface area contributed by atoms with Gasteiger partial charge in [0.2, 0.25) is 5.91 Å². The van der Waals surface area contributed by atoms with Gasteiger partial charge in [-0.25, -0.2) is 0 Å². The molecule has 30 heavy (non-hydrogen) atoms. The minimum Gasteiger partial charge on any atom is -0.326 e. The molecule has 0 spiro atoms. The lowest BCUT2D eigenvalue weighted by atomic mass is 10.1. The molecule has 2 amide bonds. The summed E-state index contributed by atoms with van der Waals surface area (Å²) >= 11 is 5.85. The zero-order valence-corrected chi connectivity index (χ0v) is 16.9. The van der Waals surface area contributed by atoms with Crippen LogP contribution in [0.25, 0.3) is 6.08 Å². The summed E-state index contributed by atoms with van der Waals surface area (Å²) in [5, 5.41) is 6.04. The van der Waals surface area contributed by atoms with Gasteiger partial charge < -0.3 is 10.6 Å². The summed E-state index contributed by atoms with van der Waals surface area (Å²) in [5.74, 6) is -0.649. The Bertz CT molecular complexity index is 1120. The van der Waals surface area contributed by atoms with Crippen LogP contribution in [0.1, 0.15) is 33.2 Å². The number of amides is 2. The molecule has 2 N–H and O–H groups in total. The minimum absolute atomic E-state index is 0.196. The summed E-state index contributed by atoms with van der Waals surface area (Å²) in [6, 6.07) is 20.5. The Labute approximate surface area is 179 Å². The van der Waals surface area contributed by atoms with E-state index in [4.69, 9.17) is 11.6 Å². The molecule has 0 unspecified atom stereocenters. The number of allylic oxidation sites excluding steroid dienone is 1. The van der Waals surface area contributed by atoms with Crippen molar-refractivity contribution in [3.8, 4) is 0 Å². The minimum atomic E-state index is -0.251. The molecule has 0 aliphatic carbocycles. The van der Waals surface area contributed by atoms with E-state index >= 15 is 0 Å². The van der Waals surface area contributed by atoms with Crippen molar-refractivity contribution in [3.05, 3.63) is 101 Å². The van der Waals surface area contributed by atoms with Crippen molar-refractivity contribution in [2.75, 3.05) is 10.6 Å². The highest BCUT2D eigenvalue weighted by Crippen LogP contribution is 2.16. The van der Waals surface area contributed by atoms with Crippen molar-refractivity contribution in [3.63, 3.8) is 0 Å². The topological polar surface area (TPSA) is 75.3 Å². The summed E-state index contributed by atoms with van der Waals surface area (Å²) in [6.07, 6.45) is 3.12. The SMILES string of the molecule is CC(=O)Nc1cccc(C(=O)/C=C/c2cccc(NC(=O)c3ccc(Cl)cc3)c2)c1. The molecule has 0 aliphatic rings. The molecule has 0 bridgehead atoms. The average Bonchev–Trinajstić information content (AvgIpc) is 2.72. The summed E-state index contributed by atoms with van der Waals surface area (Å²) in [4.78, 5) is 36.0. The van der Waals surface area contributed by atoms with Crippen molar-refractivity contribution in [1.29, 1.82) is 0 Å². The normalized spacial score (nSPS) is 10.6. The maximum absolute atomic E-state index is 12.5. The number of ketones is 1. The standard InChI is InChI=1S/C24H19ClN2O3/c1-16(28)26-22-7-3-5-19(15-22)23(29)13-8-17-4-2-6-21(14-17)27-24(30)18-9-11-20(25)12-10-18/h2-15H,1H3,(H,26,28)(H,27,30)/b13-8+. The van der Waals surface area contributed by atoms with Crippen LogP contribution in [-0.4, -0.2) is 17.6 Å². The van der Waals surface area contributed by atoms with Crippen LogP contribution < -0.4 is 10.6 Å². The van der Waals surface area contributed by atoms with Crippen molar-refractivity contribution in [2.24, 2.45) is 0 Å². The Balaban J connectivity index is 1.69. The third-order valence-corrected chi connectivity index (χ3v) is 4.40. The van der Waals surface area contributed by atoms with Gasteiger partial charge in [-0.3, -0.25) is 14.4 Å². The smallest absolute Gasteiger partial charge is 0.255 e. The molecule has 3 aromatic carbocycles. The van der Waals surface area contributed by atoms with Crippen LogP contribution in [0.4, 0.5) is 11.4 Å². The van der Waals surface area contributed by atoms with E-state index in [9.17, 15) is 14.4 Å². The van der Waals surface area contributed by atoms with E-state index in [-0.39, 0.29) is 17.6 Å². The molecule has 0 saturated heterocycles. The molecule has 3 aromatic rings. The van der Waals surface area contributed by atoms with Crippen LogP contribution in [0.3, 0.4) is 0 Å². The molecule has 0 fully saturated rings. The molecule has 0 radical (unpaired) electrons. The maximum Gasteiger partial charge on any atom is 0.255 e. The summed E-state index contributed by atoms with van der Waals surface area (Å²) in [7, 11) is 0. The molecule has 0 aliphatic heterocycles. The first kappa shape index (κ1) is 21.0. The summed E-state index contributed by atoms with van der Waals surface area (Å²) < 4.78 is 0. The molecular weight excluding hydrogens is 400 g/mol. The lowest BCUT2D eigenvalue weighted by Gasteiger charge is -2.06. The number of nitrogens with one attached hydrogen (secondary N) is 2. The molecule has 3 rings (SSSR count). The Morgan fingerprint density at radius 2 is 1.47 bits per heavy atom. The van der Waals surface area contributed by atoms with Crippen LogP contribution in [0.5, 0.6) is 0 Å². The van der Waals surface area contributed by atoms with E-state index in [0.717, 1.165) is 5.56 Å². The predicted molar refractivity (Wildman–Crippen MR) is 120 cm³/mol. The monoisotopic (exact) mass is 418 g/mol. The van der Waals surface area contributed by atoms with Crippen LogP contribution in [-0.2, 0) is 4.79 Å². The maximum atomic E-state index is 12.5. The Morgan fingerprint density at radius 1 is 0.800 bits per heavy atom. The number of benzene rings is 3. The van der Waals surface area contributed by atoms with Gasteiger partial charge in [0.15, 0.2) is 5.78 Å². The lowest BCUT2D eigenvalue weighted by molar-refractivity contribution is -0.114. The average molecular weight is 419 g/mol. The van der Waals surface area contributed by atoms with Crippen LogP contribution in [0.2, 0.25) is 5.02 Å². The molecule has 0 saturated carbocycles. The molecule has 0 atom stereocenters. The first-order valence-electron chi connectivity index (χ1n) is 9.18. The number of carbonyl (C=O) groups excluding carboxylic acids is 3. The second kappa shape index (κ2) is 9.67. The number of anilines is 2. The Kier molecular flexibility index (Phi) is 6.78. The van der Waals surface area contributed by atoms with Gasteiger partial charge in [0.25, 0.3) is 5.91 Å². The zero-order valence-electron chi connectivity index (χ0n) is 16.2. The number of hydrogen-bond donors (Lipinski definition) is 2. The van der Waals surface area contributed by atoms with E-state index in [2.05, 4.69) is 10.6 Å². The van der Waals surface area contributed by atoms with E-state index in [1.165, 1.54) is 13.0 Å². The summed E-state index contributed by atoms with van der Waals surface area (Å²) in [5.41, 5.74) is 2.89. The highest BCUT2D eigenvalue weighted by atomic mass is 35.5. The van der Waals surface area contributed by atoms with Crippen molar-refractivity contribution >= 4 is 46.6 Å².